The predicted molar refractivity (Wildman–Crippen MR) is 83.8 cm³/mol. The second kappa shape index (κ2) is 4.84. The van der Waals surface area contributed by atoms with E-state index in [1.165, 1.54) is 0 Å². The van der Waals surface area contributed by atoms with Gasteiger partial charge >= 0.3 is 0 Å². The maximum absolute atomic E-state index is 5.88. The van der Waals surface area contributed by atoms with Crippen LogP contribution in [0.1, 0.15) is 24.6 Å². The summed E-state index contributed by atoms with van der Waals surface area (Å²) in [7, 11) is 0. The Morgan fingerprint density at radius 3 is 2.86 bits per heavy atom. The van der Waals surface area contributed by atoms with E-state index in [4.69, 9.17) is 4.42 Å². The highest BCUT2D eigenvalue weighted by Crippen LogP contribution is 2.25. The van der Waals surface area contributed by atoms with Gasteiger partial charge in [-0.1, -0.05) is 18.2 Å². The van der Waals surface area contributed by atoms with E-state index < -0.39 is 0 Å². The first kappa shape index (κ1) is 12.8. The van der Waals surface area contributed by atoms with E-state index in [9.17, 15) is 0 Å². The largest absolute Gasteiger partial charge is 0.459 e. The number of anilines is 1. The van der Waals surface area contributed by atoms with Crippen molar-refractivity contribution in [3.8, 4) is 0 Å². The number of nitrogens with zero attached hydrogens (tertiary/aromatic N) is 4. The summed E-state index contributed by atoms with van der Waals surface area (Å²) in [5.74, 6) is 2.39. The highest BCUT2D eigenvalue weighted by molar-refractivity contribution is 5.77. The molecular formula is C16H15N5O. The number of para-hydroxylation sites is 1. The second-order valence-corrected chi connectivity index (χ2v) is 5.29. The zero-order valence-electron chi connectivity index (χ0n) is 12.3. The lowest BCUT2D eigenvalue weighted by Gasteiger charge is -2.11. The van der Waals surface area contributed by atoms with Gasteiger partial charge in [0.25, 0.3) is 0 Å². The molecule has 6 nitrogen and oxygen atoms in total. The lowest BCUT2D eigenvalue weighted by molar-refractivity contribution is 0.525. The normalized spacial score (nSPS) is 12.8. The molecule has 22 heavy (non-hydrogen) atoms. The molecule has 110 valence electrons. The predicted octanol–water partition coefficient (Wildman–Crippen LogP) is 3.35. The van der Waals surface area contributed by atoms with Crippen molar-refractivity contribution in [1.82, 2.24) is 19.8 Å². The average Bonchev–Trinajstić information content (AvgIpc) is 3.11. The summed E-state index contributed by atoms with van der Waals surface area (Å²) < 4.78 is 7.59. The third-order valence-corrected chi connectivity index (χ3v) is 3.65. The molecule has 6 heteroatoms. The SMILES string of the molecule is Cc1nnc2ccc(N[C@H](C)c3cc4ccccc4o3)nn12. The van der Waals surface area contributed by atoms with Crippen LogP contribution < -0.4 is 5.32 Å². The highest BCUT2D eigenvalue weighted by atomic mass is 16.3. The van der Waals surface area contributed by atoms with Crippen LogP contribution in [-0.4, -0.2) is 19.8 Å². The Labute approximate surface area is 126 Å². The van der Waals surface area contributed by atoms with Crippen LogP contribution in [0.25, 0.3) is 16.6 Å². The minimum Gasteiger partial charge on any atom is -0.459 e. The van der Waals surface area contributed by atoms with Crippen molar-refractivity contribution in [1.29, 1.82) is 0 Å². The molecule has 0 unspecified atom stereocenters. The third-order valence-electron chi connectivity index (χ3n) is 3.65. The number of hydrogen-bond acceptors (Lipinski definition) is 5. The Balaban J connectivity index is 1.64. The van der Waals surface area contributed by atoms with Crippen molar-refractivity contribution in [2.75, 3.05) is 5.32 Å². The average molecular weight is 293 g/mol. The molecule has 4 aromatic rings. The fourth-order valence-corrected chi connectivity index (χ4v) is 2.48. The molecule has 0 saturated heterocycles. The molecule has 3 aromatic heterocycles. The van der Waals surface area contributed by atoms with Crippen molar-refractivity contribution in [2.24, 2.45) is 0 Å². The van der Waals surface area contributed by atoms with Crippen LogP contribution in [0.2, 0.25) is 0 Å². The molecule has 0 aliphatic carbocycles. The molecule has 0 aliphatic rings. The summed E-state index contributed by atoms with van der Waals surface area (Å²) in [6.07, 6.45) is 0. The van der Waals surface area contributed by atoms with E-state index in [1.807, 2.05) is 50.2 Å². The van der Waals surface area contributed by atoms with Gasteiger partial charge in [-0.05, 0) is 38.1 Å². The summed E-state index contributed by atoms with van der Waals surface area (Å²) in [5, 5.41) is 17.0. The molecule has 0 amide bonds. The van der Waals surface area contributed by atoms with E-state index >= 15 is 0 Å². The monoisotopic (exact) mass is 293 g/mol. The fourth-order valence-electron chi connectivity index (χ4n) is 2.48. The summed E-state index contributed by atoms with van der Waals surface area (Å²) in [4.78, 5) is 0. The van der Waals surface area contributed by atoms with Crippen LogP contribution in [-0.2, 0) is 0 Å². The first-order chi connectivity index (χ1) is 10.7. The Morgan fingerprint density at radius 2 is 2.00 bits per heavy atom. The topological polar surface area (TPSA) is 68.2 Å². The molecule has 3 heterocycles. The molecule has 0 spiro atoms. The van der Waals surface area contributed by atoms with Gasteiger partial charge in [-0.15, -0.1) is 15.3 Å². The molecule has 0 bridgehead atoms. The quantitative estimate of drug-likeness (QED) is 0.627. The van der Waals surface area contributed by atoms with E-state index in [0.29, 0.717) is 0 Å². The molecule has 0 aliphatic heterocycles. The molecule has 0 fully saturated rings. The van der Waals surface area contributed by atoms with E-state index in [0.717, 1.165) is 34.0 Å². The molecule has 0 radical (unpaired) electrons. The lowest BCUT2D eigenvalue weighted by Crippen LogP contribution is -2.09. The standard InChI is InChI=1S/C16H15N5O/c1-10(14-9-12-5-3-4-6-13(12)22-14)17-15-7-8-16-19-18-11(2)21(16)20-15/h3-10H,1-2H3,(H,17,20)/t10-/m1/s1. The number of aromatic nitrogens is 4. The van der Waals surface area contributed by atoms with Gasteiger partial charge in [-0.25, -0.2) is 0 Å². The smallest absolute Gasteiger partial charge is 0.178 e. The molecule has 4 rings (SSSR count). The number of benzene rings is 1. The number of hydrogen-bond donors (Lipinski definition) is 1. The Kier molecular flexibility index (Phi) is 2.82. The number of rotatable bonds is 3. The van der Waals surface area contributed by atoms with Crippen LogP contribution in [0.3, 0.4) is 0 Å². The lowest BCUT2D eigenvalue weighted by atomic mass is 10.2. The highest BCUT2D eigenvalue weighted by Gasteiger charge is 2.12. The van der Waals surface area contributed by atoms with Gasteiger partial charge in [0.15, 0.2) is 11.5 Å². The van der Waals surface area contributed by atoms with Crippen molar-refractivity contribution >= 4 is 22.4 Å². The van der Waals surface area contributed by atoms with E-state index in [1.54, 1.807) is 4.52 Å². The number of fused-ring (bicyclic) bond motifs is 2. The Bertz CT molecular complexity index is 922. The zero-order valence-corrected chi connectivity index (χ0v) is 12.3. The second-order valence-electron chi connectivity index (χ2n) is 5.29. The summed E-state index contributed by atoms with van der Waals surface area (Å²) in [6, 6.07) is 13.8. The molecule has 0 saturated carbocycles. The maximum atomic E-state index is 5.88. The Morgan fingerprint density at radius 1 is 1.14 bits per heavy atom. The molecule has 1 aromatic carbocycles. The number of nitrogens with one attached hydrogen (secondary N) is 1. The fraction of sp³-hybridized carbons (Fsp3) is 0.188. The molecule has 1 N–H and O–H groups in total. The first-order valence-electron chi connectivity index (χ1n) is 7.15. The van der Waals surface area contributed by atoms with Crippen molar-refractivity contribution in [3.05, 3.63) is 54.0 Å². The van der Waals surface area contributed by atoms with Gasteiger partial charge in [0.1, 0.15) is 17.2 Å². The van der Waals surface area contributed by atoms with Crippen LogP contribution in [0.4, 0.5) is 5.82 Å². The van der Waals surface area contributed by atoms with Gasteiger partial charge < -0.3 is 9.73 Å². The number of aryl methyl sites for hydroxylation is 1. The van der Waals surface area contributed by atoms with Gasteiger partial charge in [0.2, 0.25) is 0 Å². The van der Waals surface area contributed by atoms with E-state index in [2.05, 4.69) is 26.7 Å². The van der Waals surface area contributed by atoms with Crippen LogP contribution >= 0.6 is 0 Å². The van der Waals surface area contributed by atoms with Crippen LogP contribution in [0.15, 0.2) is 46.9 Å². The summed E-state index contributed by atoms with van der Waals surface area (Å²) >= 11 is 0. The Hall–Kier alpha value is -2.89. The van der Waals surface area contributed by atoms with Gasteiger partial charge in [-0.3, -0.25) is 0 Å². The van der Waals surface area contributed by atoms with Crippen molar-refractivity contribution in [3.63, 3.8) is 0 Å². The van der Waals surface area contributed by atoms with Gasteiger partial charge in [-0.2, -0.15) is 4.52 Å². The summed E-state index contributed by atoms with van der Waals surface area (Å²) in [6.45, 7) is 3.92. The van der Waals surface area contributed by atoms with Crippen molar-refractivity contribution < 1.29 is 4.42 Å². The minimum absolute atomic E-state index is 0.00846. The summed E-state index contributed by atoms with van der Waals surface area (Å²) in [5.41, 5.74) is 1.63. The third kappa shape index (κ3) is 2.09. The van der Waals surface area contributed by atoms with Gasteiger partial charge in [0, 0.05) is 5.39 Å². The van der Waals surface area contributed by atoms with E-state index in [-0.39, 0.29) is 6.04 Å². The van der Waals surface area contributed by atoms with Crippen LogP contribution in [0, 0.1) is 6.92 Å². The molecular weight excluding hydrogens is 278 g/mol. The minimum atomic E-state index is 0.00846. The van der Waals surface area contributed by atoms with Gasteiger partial charge in [0.05, 0.1) is 6.04 Å². The maximum Gasteiger partial charge on any atom is 0.178 e. The van der Waals surface area contributed by atoms with Crippen LogP contribution in [0.5, 0.6) is 0 Å². The zero-order chi connectivity index (χ0) is 15.1. The molecule has 1 atom stereocenters. The number of furan rings is 1. The van der Waals surface area contributed by atoms with Crippen molar-refractivity contribution in [2.45, 2.75) is 19.9 Å². The first-order valence-corrected chi connectivity index (χ1v) is 7.15.